The van der Waals surface area contributed by atoms with Crippen molar-refractivity contribution in [1.29, 1.82) is 0 Å². The summed E-state index contributed by atoms with van der Waals surface area (Å²) in [6.45, 7) is 3.57. The molecule has 0 saturated heterocycles. The Hall–Kier alpha value is -0.820. The highest BCUT2D eigenvalue weighted by molar-refractivity contribution is 6.29. The number of hydrogen-bond donors (Lipinski definition) is 0. The highest BCUT2D eigenvalue weighted by Gasteiger charge is 1.87. The van der Waals surface area contributed by atoms with Crippen LogP contribution in [-0.2, 0) is 0 Å². The Bertz CT molecular complexity index is 243. The molecule has 51 valence electrons. The molecule has 0 aliphatic rings. The maximum atomic E-state index is 5.62. The Balaban J connectivity index is 2.95. The zero-order chi connectivity index (χ0) is 7.40. The molecule has 0 fully saturated rings. The van der Waals surface area contributed by atoms with E-state index in [2.05, 4.69) is 11.9 Å². The lowest BCUT2D eigenvalue weighted by Gasteiger charge is -1.90. The highest BCUT2D eigenvalue weighted by Crippen LogP contribution is 2.07. The van der Waals surface area contributed by atoms with E-state index in [1.165, 1.54) is 0 Å². The molecule has 1 aromatic heterocycles. The molecule has 0 amide bonds. The number of halogens is 1. The van der Waals surface area contributed by atoms with Gasteiger partial charge in [-0.1, -0.05) is 23.8 Å². The lowest BCUT2D eigenvalue weighted by Crippen LogP contribution is -1.74. The van der Waals surface area contributed by atoms with E-state index < -0.39 is 0 Å². The SMILES string of the molecule is [CH2]C=Cc1ccnc(Cl)c1. The topological polar surface area (TPSA) is 12.9 Å². The third-order valence-corrected chi connectivity index (χ3v) is 1.27. The summed E-state index contributed by atoms with van der Waals surface area (Å²) in [4.78, 5) is 3.83. The van der Waals surface area contributed by atoms with Crippen LogP contribution in [0.15, 0.2) is 24.4 Å². The van der Waals surface area contributed by atoms with Crippen molar-refractivity contribution in [1.82, 2.24) is 4.98 Å². The average molecular weight is 153 g/mol. The molecular formula is C8H7ClN. The van der Waals surface area contributed by atoms with E-state index >= 15 is 0 Å². The molecule has 1 heterocycles. The second kappa shape index (κ2) is 3.37. The predicted molar refractivity (Wildman–Crippen MR) is 43.6 cm³/mol. The van der Waals surface area contributed by atoms with Crippen molar-refractivity contribution in [3.05, 3.63) is 42.0 Å². The van der Waals surface area contributed by atoms with Gasteiger partial charge < -0.3 is 0 Å². The largest absolute Gasteiger partial charge is 0.245 e. The van der Waals surface area contributed by atoms with Crippen LogP contribution in [0.1, 0.15) is 5.56 Å². The number of aromatic nitrogens is 1. The number of rotatable bonds is 1. The first-order valence-corrected chi connectivity index (χ1v) is 3.28. The zero-order valence-corrected chi connectivity index (χ0v) is 6.17. The fourth-order valence-corrected chi connectivity index (χ4v) is 0.840. The Morgan fingerprint density at radius 1 is 1.60 bits per heavy atom. The van der Waals surface area contributed by atoms with Crippen LogP contribution in [0.2, 0.25) is 5.15 Å². The summed E-state index contributed by atoms with van der Waals surface area (Å²) in [5.41, 5.74) is 1.02. The molecule has 0 atom stereocenters. The molecular weight excluding hydrogens is 146 g/mol. The van der Waals surface area contributed by atoms with E-state index in [0.29, 0.717) is 5.15 Å². The van der Waals surface area contributed by atoms with Gasteiger partial charge in [0.15, 0.2) is 0 Å². The Morgan fingerprint density at radius 2 is 2.40 bits per heavy atom. The molecule has 1 rings (SSSR count). The van der Waals surface area contributed by atoms with Gasteiger partial charge in [-0.25, -0.2) is 4.98 Å². The summed E-state index contributed by atoms with van der Waals surface area (Å²) in [6, 6.07) is 3.65. The fraction of sp³-hybridized carbons (Fsp3) is 0. The Morgan fingerprint density at radius 3 is 3.00 bits per heavy atom. The summed E-state index contributed by atoms with van der Waals surface area (Å²) in [5.74, 6) is 0. The predicted octanol–water partition coefficient (Wildman–Crippen LogP) is 2.58. The second-order valence-electron chi connectivity index (χ2n) is 1.81. The average Bonchev–Trinajstić information content (AvgIpc) is 1.88. The number of pyridine rings is 1. The van der Waals surface area contributed by atoms with Crippen molar-refractivity contribution < 1.29 is 0 Å². The minimum Gasteiger partial charge on any atom is -0.245 e. The molecule has 0 bridgehead atoms. The highest BCUT2D eigenvalue weighted by atomic mass is 35.5. The summed E-state index contributed by atoms with van der Waals surface area (Å²) < 4.78 is 0. The molecule has 0 aliphatic carbocycles. The Labute approximate surface area is 65.4 Å². The van der Waals surface area contributed by atoms with Crippen LogP contribution in [0.3, 0.4) is 0 Å². The van der Waals surface area contributed by atoms with E-state index in [9.17, 15) is 0 Å². The first-order chi connectivity index (χ1) is 4.83. The molecule has 0 N–H and O–H groups in total. The van der Waals surface area contributed by atoms with Crippen molar-refractivity contribution in [3.8, 4) is 0 Å². The minimum atomic E-state index is 0.510. The maximum Gasteiger partial charge on any atom is 0.129 e. The summed E-state index contributed by atoms with van der Waals surface area (Å²) in [5, 5.41) is 0.510. The molecule has 0 saturated carbocycles. The molecule has 1 radical (unpaired) electrons. The third-order valence-electron chi connectivity index (χ3n) is 1.06. The van der Waals surface area contributed by atoms with Crippen LogP contribution in [0.4, 0.5) is 0 Å². The van der Waals surface area contributed by atoms with Gasteiger partial charge in [0.25, 0.3) is 0 Å². The van der Waals surface area contributed by atoms with Gasteiger partial charge in [0.05, 0.1) is 0 Å². The van der Waals surface area contributed by atoms with Gasteiger partial charge in [-0.2, -0.15) is 0 Å². The third kappa shape index (κ3) is 1.85. The lowest BCUT2D eigenvalue weighted by molar-refractivity contribution is 1.32. The van der Waals surface area contributed by atoms with E-state index in [0.717, 1.165) is 5.56 Å². The van der Waals surface area contributed by atoms with Crippen molar-refractivity contribution >= 4 is 17.7 Å². The van der Waals surface area contributed by atoms with Gasteiger partial charge in [0.1, 0.15) is 5.15 Å². The number of allylic oxidation sites excluding steroid dienone is 1. The number of nitrogens with zero attached hydrogens (tertiary/aromatic N) is 1. The molecule has 0 aliphatic heterocycles. The van der Waals surface area contributed by atoms with Gasteiger partial charge in [-0.3, -0.25) is 0 Å². The lowest BCUT2D eigenvalue weighted by atomic mass is 10.2. The summed E-state index contributed by atoms with van der Waals surface area (Å²) >= 11 is 5.62. The van der Waals surface area contributed by atoms with E-state index in [1.807, 2.05) is 12.1 Å². The zero-order valence-electron chi connectivity index (χ0n) is 5.42. The van der Waals surface area contributed by atoms with Crippen molar-refractivity contribution in [2.45, 2.75) is 0 Å². The number of hydrogen-bond acceptors (Lipinski definition) is 1. The monoisotopic (exact) mass is 152 g/mol. The van der Waals surface area contributed by atoms with Crippen molar-refractivity contribution in [2.75, 3.05) is 0 Å². The van der Waals surface area contributed by atoms with Crippen LogP contribution in [-0.4, -0.2) is 4.98 Å². The first kappa shape index (κ1) is 7.29. The van der Waals surface area contributed by atoms with Crippen LogP contribution < -0.4 is 0 Å². The first-order valence-electron chi connectivity index (χ1n) is 2.90. The maximum absolute atomic E-state index is 5.62. The molecule has 0 spiro atoms. The van der Waals surface area contributed by atoms with E-state index in [4.69, 9.17) is 11.6 Å². The van der Waals surface area contributed by atoms with Gasteiger partial charge >= 0.3 is 0 Å². The van der Waals surface area contributed by atoms with Crippen LogP contribution in [0, 0.1) is 6.92 Å². The molecule has 0 aromatic carbocycles. The van der Waals surface area contributed by atoms with Crippen LogP contribution in [0.25, 0.3) is 6.08 Å². The molecule has 0 unspecified atom stereocenters. The van der Waals surface area contributed by atoms with Crippen LogP contribution >= 0.6 is 11.6 Å². The van der Waals surface area contributed by atoms with E-state index in [-0.39, 0.29) is 0 Å². The Kier molecular flexibility index (Phi) is 2.46. The van der Waals surface area contributed by atoms with E-state index in [1.54, 1.807) is 18.3 Å². The van der Waals surface area contributed by atoms with Gasteiger partial charge in [0, 0.05) is 6.20 Å². The smallest absolute Gasteiger partial charge is 0.129 e. The molecule has 10 heavy (non-hydrogen) atoms. The van der Waals surface area contributed by atoms with Crippen molar-refractivity contribution in [3.63, 3.8) is 0 Å². The standard InChI is InChI=1S/C8H7ClN/c1-2-3-7-4-5-10-8(9)6-7/h2-6H,1H2. The van der Waals surface area contributed by atoms with Crippen LogP contribution in [0.5, 0.6) is 0 Å². The molecule has 1 nitrogen and oxygen atoms in total. The van der Waals surface area contributed by atoms with Crippen molar-refractivity contribution in [2.24, 2.45) is 0 Å². The van der Waals surface area contributed by atoms with Gasteiger partial charge in [-0.05, 0) is 24.6 Å². The molecule has 1 aromatic rings. The fourth-order valence-electron chi connectivity index (χ4n) is 0.657. The second-order valence-corrected chi connectivity index (χ2v) is 2.20. The summed E-state index contributed by atoms with van der Waals surface area (Å²) in [7, 11) is 0. The van der Waals surface area contributed by atoms with Gasteiger partial charge in [0.2, 0.25) is 0 Å². The summed E-state index contributed by atoms with van der Waals surface area (Å²) in [6.07, 6.45) is 5.25. The van der Waals surface area contributed by atoms with Gasteiger partial charge in [-0.15, -0.1) is 0 Å². The minimum absolute atomic E-state index is 0.510. The quantitative estimate of drug-likeness (QED) is 0.564. The normalized spacial score (nSPS) is 10.6. The molecule has 2 heteroatoms.